The van der Waals surface area contributed by atoms with Gasteiger partial charge in [0, 0.05) is 6.54 Å². The third kappa shape index (κ3) is 11.5. The minimum absolute atomic E-state index is 0.0715. The molecule has 180 valence electrons. The van der Waals surface area contributed by atoms with Crippen LogP contribution in [-0.4, -0.2) is 61.9 Å². The Morgan fingerprint density at radius 2 is 1.45 bits per heavy atom. The summed E-state index contributed by atoms with van der Waals surface area (Å²) in [6.07, 6.45) is 6.51. The summed E-state index contributed by atoms with van der Waals surface area (Å²) < 4.78 is 0.593. The van der Waals surface area contributed by atoms with E-state index in [-0.39, 0.29) is 18.5 Å². The van der Waals surface area contributed by atoms with Crippen LogP contribution in [0.1, 0.15) is 44.1 Å². The molecule has 0 aliphatic heterocycles. The average molecular weight is 455 g/mol. The zero-order chi connectivity index (χ0) is 24.1. The molecule has 2 rings (SSSR count). The van der Waals surface area contributed by atoms with E-state index in [2.05, 4.69) is 59.2 Å². The Morgan fingerprint density at radius 1 is 0.848 bits per heavy atom. The Bertz CT molecular complexity index is 845. The van der Waals surface area contributed by atoms with Gasteiger partial charge in [0.05, 0.1) is 40.2 Å². The molecule has 0 fully saturated rings. The third-order valence-electron chi connectivity index (χ3n) is 5.51. The number of carboxylic acids is 1. The Hall–Kier alpha value is -2.86. The van der Waals surface area contributed by atoms with Crippen molar-refractivity contribution in [2.75, 3.05) is 34.2 Å². The minimum atomic E-state index is -0.902. The first-order valence-electron chi connectivity index (χ1n) is 11.9. The fourth-order valence-electron chi connectivity index (χ4n) is 3.95. The lowest BCUT2D eigenvalue weighted by Gasteiger charge is -2.29. The van der Waals surface area contributed by atoms with Crippen molar-refractivity contribution >= 4 is 12.0 Å². The van der Waals surface area contributed by atoms with Crippen LogP contribution in [0.15, 0.2) is 54.6 Å². The molecule has 0 radical (unpaired) electrons. The van der Waals surface area contributed by atoms with Crippen molar-refractivity contribution in [1.82, 2.24) is 10.6 Å². The van der Waals surface area contributed by atoms with Gasteiger partial charge in [0.1, 0.15) is 0 Å². The van der Waals surface area contributed by atoms with Crippen molar-refractivity contribution in [3.63, 3.8) is 0 Å². The van der Waals surface area contributed by atoms with Crippen LogP contribution in [0, 0.1) is 0 Å². The minimum Gasteiger partial charge on any atom is -0.481 e. The number of aliphatic carboxylic acids is 1. The van der Waals surface area contributed by atoms with Gasteiger partial charge in [-0.2, -0.15) is 0 Å². The first kappa shape index (κ1) is 26.4. The lowest BCUT2D eigenvalue weighted by Crippen LogP contribution is -2.52. The number of rotatable bonds is 14. The van der Waals surface area contributed by atoms with E-state index >= 15 is 0 Å². The van der Waals surface area contributed by atoms with Gasteiger partial charge in [0.25, 0.3) is 0 Å². The molecule has 6 heteroatoms. The summed E-state index contributed by atoms with van der Waals surface area (Å²) in [5.74, 6) is -0.902. The van der Waals surface area contributed by atoms with Gasteiger partial charge in [-0.15, -0.1) is 0 Å². The number of aryl methyl sites for hydroxylation is 1. The van der Waals surface area contributed by atoms with Crippen LogP contribution in [-0.2, 0) is 11.2 Å². The molecule has 0 bridgehead atoms. The maximum Gasteiger partial charge on any atom is 0.315 e. The molecule has 6 nitrogen and oxygen atoms in total. The summed E-state index contributed by atoms with van der Waals surface area (Å²) in [6.45, 7) is 1.17. The molecule has 0 heterocycles. The number of urea groups is 1. The van der Waals surface area contributed by atoms with E-state index in [1.807, 2.05) is 27.2 Å². The van der Waals surface area contributed by atoms with E-state index in [1.54, 1.807) is 0 Å². The zero-order valence-corrected chi connectivity index (χ0v) is 20.3. The number of likely N-dealkylation sites (N-methyl/N-ethyl adjacent to an activating group) is 1. The zero-order valence-electron chi connectivity index (χ0n) is 20.3. The number of amides is 2. The van der Waals surface area contributed by atoms with Crippen LogP contribution < -0.4 is 10.6 Å². The first-order chi connectivity index (χ1) is 15.7. The maximum absolute atomic E-state index is 12.1. The molecule has 1 unspecified atom stereocenters. The summed E-state index contributed by atoms with van der Waals surface area (Å²) in [5.41, 5.74) is 3.87. The normalized spacial score (nSPS) is 12.2. The van der Waals surface area contributed by atoms with E-state index in [9.17, 15) is 9.59 Å². The number of carbonyl (C=O) groups excluding carboxylic acids is 1. The lowest BCUT2D eigenvalue weighted by molar-refractivity contribution is -0.871. The van der Waals surface area contributed by atoms with Crippen molar-refractivity contribution < 1.29 is 19.2 Å². The second-order valence-electron chi connectivity index (χ2n) is 9.75. The molecule has 0 aromatic heterocycles. The predicted octanol–water partition coefficient (Wildman–Crippen LogP) is 4.70. The van der Waals surface area contributed by atoms with Gasteiger partial charge in [0.15, 0.2) is 0 Å². The summed E-state index contributed by atoms with van der Waals surface area (Å²) >= 11 is 0. The highest BCUT2D eigenvalue weighted by molar-refractivity contribution is 5.75. The molecular weight excluding hydrogens is 414 g/mol. The molecule has 0 aliphatic carbocycles. The summed E-state index contributed by atoms with van der Waals surface area (Å²) in [4.78, 5) is 23.2. The number of hydrogen-bond acceptors (Lipinski definition) is 2. The van der Waals surface area contributed by atoms with Crippen LogP contribution >= 0.6 is 0 Å². The van der Waals surface area contributed by atoms with E-state index < -0.39 is 5.97 Å². The van der Waals surface area contributed by atoms with Crippen LogP contribution in [0.5, 0.6) is 0 Å². The van der Waals surface area contributed by atoms with Crippen molar-refractivity contribution in [2.45, 2.75) is 51.0 Å². The largest absolute Gasteiger partial charge is 0.481 e. The Morgan fingerprint density at radius 3 is 2.09 bits per heavy atom. The first-order valence-corrected chi connectivity index (χ1v) is 11.9. The predicted molar refractivity (Wildman–Crippen MR) is 134 cm³/mol. The van der Waals surface area contributed by atoms with Gasteiger partial charge in [-0.25, -0.2) is 4.79 Å². The molecule has 0 spiro atoms. The van der Waals surface area contributed by atoms with Gasteiger partial charge in [-0.1, -0.05) is 73.9 Å². The number of quaternary nitrogens is 1. The summed E-state index contributed by atoms with van der Waals surface area (Å²) in [5, 5.41) is 14.7. The molecule has 3 N–H and O–H groups in total. The topological polar surface area (TPSA) is 78.4 Å². The van der Waals surface area contributed by atoms with Crippen LogP contribution in [0.4, 0.5) is 4.79 Å². The standard InChI is InChI=1S/C27H39N3O3/c1-30(2,3)21-25(20-26(31)32)29-27(33)28-19-11-6-4-5-8-12-22-15-17-24(18-16-22)23-13-9-7-10-14-23/h7,9-10,13-18,25H,4-6,8,11-12,19-21H2,1-3H3,(H2-,28,29,31,32,33)/p+1. The summed E-state index contributed by atoms with van der Waals surface area (Å²) in [6, 6.07) is 18.6. The highest BCUT2D eigenvalue weighted by atomic mass is 16.4. The van der Waals surface area contributed by atoms with Gasteiger partial charge >= 0.3 is 12.0 Å². The molecule has 0 aliphatic rings. The Balaban J connectivity index is 1.55. The van der Waals surface area contributed by atoms with Crippen molar-refractivity contribution in [2.24, 2.45) is 0 Å². The highest BCUT2D eigenvalue weighted by Gasteiger charge is 2.22. The van der Waals surface area contributed by atoms with Crippen LogP contribution in [0.3, 0.4) is 0 Å². The van der Waals surface area contributed by atoms with Gasteiger partial charge in [-0.05, 0) is 36.0 Å². The van der Waals surface area contributed by atoms with Gasteiger partial charge in [-0.3, -0.25) is 4.79 Å². The van der Waals surface area contributed by atoms with E-state index in [0.717, 1.165) is 25.7 Å². The monoisotopic (exact) mass is 454 g/mol. The quantitative estimate of drug-likeness (QED) is 0.286. The Labute approximate surface area is 198 Å². The molecule has 2 amide bonds. The number of carboxylic acid groups (broad SMARTS) is 1. The number of carbonyl (C=O) groups is 2. The van der Waals surface area contributed by atoms with Crippen molar-refractivity contribution in [1.29, 1.82) is 0 Å². The summed E-state index contributed by atoms with van der Waals surface area (Å²) in [7, 11) is 5.94. The molecule has 2 aromatic carbocycles. The van der Waals surface area contributed by atoms with Crippen LogP contribution in [0.25, 0.3) is 11.1 Å². The van der Waals surface area contributed by atoms with E-state index in [1.165, 1.54) is 29.5 Å². The van der Waals surface area contributed by atoms with Crippen molar-refractivity contribution in [3.05, 3.63) is 60.2 Å². The number of benzene rings is 2. The molecule has 0 saturated heterocycles. The van der Waals surface area contributed by atoms with E-state index in [4.69, 9.17) is 5.11 Å². The average Bonchev–Trinajstić information content (AvgIpc) is 2.75. The molecule has 0 saturated carbocycles. The second kappa shape index (κ2) is 13.6. The van der Waals surface area contributed by atoms with Crippen LogP contribution in [0.2, 0.25) is 0 Å². The maximum atomic E-state index is 12.1. The third-order valence-corrected chi connectivity index (χ3v) is 5.51. The SMILES string of the molecule is C[N+](C)(C)CC(CC(=O)O)NC(=O)NCCCCCCCc1ccc(-c2ccccc2)cc1. The second-order valence-corrected chi connectivity index (χ2v) is 9.75. The fourth-order valence-corrected chi connectivity index (χ4v) is 3.95. The fraction of sp³-hybridized carbons (Fsp3) is 0.481. The van der Waals surface area contributed by atoms with E-state index in [0.29, 0.717) is 17.6 Å². The van der Waals surface area contributed by atoms with Crippen molar-refractivity contribution in [3.8, 4) is 11.1 Å². The lowest BCUT2D eigenvalue weighted by atomic mass is 10.0. The highest BCUT2D eigenvalue weighted by Crippen LogP contribution is 2.20. The molecule has 2 aromatic rings. The van der Waals surface area contributed by atoms with Gasteiger partial charge in [0.2, 0.25) is 0 Å². The molecule has 1 atom stereocenters. The smallest absolute Gasteiger partial charge is 0.315 e. The molecule has 33 heavy (non-hydrogen) atoms. The Kier molecular flexibility index (Phi) is 10.9. The number of nitrogens with zero attached hydrogens (tertiary/aromatic N) is 1. The molecular formula is C27H40N3O3+. The number of unbranched alkanes of at least 4 members (excludes halogenated alkanes) is 4. The number of nitrogens with one attached hydrogen (secondary N) is 2. The van der Waals surface area contributed by atoms with Gasteiger partial charge < -0.3 is 20.2 Å². The number of hydrogen-bond donors (Lipinski definition) is 3.